The molecule has 2 aliphatic heterocycles. The summed E-state index contributed by atoms with van der Waals surface area (Å²) < 4.78 is 24.4. The predicted molar refractivity (Wildman–Crippen MR) is 123 cm³/mol. The molecule has 0 amide bonds. The Morgan fingerprint density at radius 3 is 2.41 bits per heavy atom. The number of ether oxygens (including phenoxy) is 4. The summed E-state index contributed by atoms with van der Waals surface area (Å²) in [5.74, 6) is 2.05. The second-order valence-electron chi connectivity index (χ2n) is 7.92. The van der Waals surface area contributed by atoms with Crippen molar-refractivity contribution in [2.45, 2.75) is 13.0 Å². The summed E-state index contributed by atoms with van der Waals surface area (Å²) in [5, 5.41) is 12.3. The number of fused-ring (bicyclic) bond motifs is 5. The van der Waals surface area contributed by atoms with E-state index in [9.17, 15) is 9.90 Å². The molecule has 7 heteroatoms. The fourth-order valence-electron chi connectivity index (χ4n) is 4.34. The van der Waals surface area contributed by atoms with Crippen LogP contribution >= 0.6 is 0 Å². The van der Waals surface area contributed by atoms with Crippen LogP contribution in [0.15, 0.2) is 66.9 Å². The van der Waals surface area contributed by atoms with E-state index in [0.717, 1.165) is 46.7 Å². The number of aromatic carboxylic acids is 1. The van der Waals surface area contributed by atoms with E-state index in [1.807, 2.05) is 6.07 Å². The molecule has 0 saturated heterocycles. The highest BCUT2D eigenvalue weighted by Gasteiger charge is 2.28. The Balaban J connectivity index is 0.000000227. The minimum absolute atomic E-state index is 0.220. The molecule has 0 fully saturated rings. The first-order valence-electron chi connectivity index (χ1n) is 10.9. The number of carbonyl (C=O) groups is 1. The molecule has 0 radical (unpaired) electrons. The second kappa shape index (κ2) is 8.94. The van der Waals surface area contributed by atoms with Gasteiger partial charge in [0.25, 0.3) is 0 Å². The summed E-state index contributed by atoms with van der Waals surface area (Å²) in [4.78, 5) is 10.1. The van der Waals surface area contributed by atoms with Gasteiger partial charge in [-0.3, -0.25) is 0 Å². The molecule has 6 rings (SSSR count). The number of carboxylic acid groups (broad SMARTS) is 1. The lowest BCUT2D eigenvalue weighted by Crippen LogP contribution is -2.40. The van der Waals surface area contributed by atoms with Crippen molar-refractivity contribution in [2.24, 2.45) is 0 Å². The average molecular weight is 457 g/mol. The van der Waals surface area contributed by atoms with Crippen molar-refractivity contribution in [2.75, 3.05) is 21.0 Å². The largest absolute Gasteiger partial charge is 0.545 e. The third-order valence-corrected chi connectivity index (χ3v) is 6.01. The molecule has 0 spiro atoms. The van der Waals surface area contributed by atoms with Crippen molar-refractivity contribution in [3.63, 3.8) is 0 Å². The molecule has 7 nitrogen and oxygen atoms in total. The number of aryl methyl sites for hydroxylation is 2. The summed E-state index contributed by atoms with van der Waals surface area (Å²) in [6, 6.07) is 18.5. The third kappa shape index (κ3) is 3.85. The van der Waals surface area contributed by atoms with Crippen LogP contribution in [0, 0.1) is 0 Å². The van der Waals surface area contributed by atoms with Crippen LogP contribution in [0.1, 0.15) is 15.9 Å². The number of methoxy groups -OCH3 is 2. The highest BCUT2D eigenvalue weighted by molar-refractivity contribution is 5.91. The molecule has 4 aromatic rings. The van der Waals surface area contributed by atoms with Crippen molar-refractivity contribution >= 4 is 16.7 Å². The lowest BCUT2D eigenvalue weighted by Gasteiger charge is -2.17. The lowest BCUT2D eigenvalue weighted by atomic mass is 9.95. The number of benzene rings is 3. The number of nitrogens with zero attached hydrogens (tertiary/aromatic N) is 1. The summed E-state index contributed by atoms with van der Waals surface area (Å²) in [5.41, 5.74) is 3.90. The Bertz CT molecular complexity index is 1380. The Kier molecular flexibility index (Phi) is 5.67. The molecule has 0 N–H and O–H groups in total. The van der Waals surface area contributed by atoms with Crippen LogP contribution in [-0.4, -0.2) is 27.0 Å². The van der Waals surface area contributed by atoms with Gasteiger partial charge in [-0.1, -0.05) is 30.3 Å². The first-order valence-corrected chi connectivity index (χ1v) is 10.9. The van der Waals surface area contributed by atoms with E-state index in [1.165, 1.54) is 29.0 Å². The molecule has 2 aliphatic rings. The molecular weight excluding hydrogens is 434 g/mol. The van der Waals surface area contributed by atoms with E-state index in [4.69, 9.17) is 18.9 Å². The van der Waals surface area contributed by atoms with E-state index in [0.29, 0.717) is 6.79 Å². The number of hydrogen-bond acceptors (Lipinski definition) is 6. The maximum absolute atomic E-state index is 10.1. The van der Waals surface area contributed by atoms with Gasteiger partial charge in [0.15, 0.2) is 35.7 Å². The molecule has 1 aromatic heterocycles. The van der Waals surface area contributed by atoms with Crippen LogP contribution in [-0.2, 0) is 13.0 Å². The highest BCUT2D eigenvalue weighted by atomic mass is 16.7. The molecule has 0 atom stereocenters. The van der Waals surface area contributed by atoms with Gasteiger partial charge in [0, 0.05) is 12.5 Å². The van der Waals surface area contributed by atoms with Gasteiger partial charge in [0.2, 0.25) is 12.5 Å². The molecule has 3 heterocycles. The third-order valence-electron chi connectivity index (χ3n) is 6.01. The fourth-order valence-corrected chi connectivity index (χ4v) is 4.34. The zero-order valence-electron chi connectivity index (χ0n) is 18.9. The van der Waals surface area contributed by atoms with Crippen molar-refractivity contribution in [3.8, 4) is 34.3 Å². The van der Waals surface area contributed by atoms with Gasteiger partial charge in [-0.05, 0) is 40.8 Å². The maximum Gasteiger partial charge on any atom is 0.231 e. The van der Waals surface area contributed by atoms with Crippen molar-refractivity contribution in [1.82, 2.24) is 0 Å². The SMILES string of the molecule is COc1ccc2cc3[n+](cc2c1OC)CCc1cc2c(cc1-3)OCO2.O=C([O-])c1ccccc1. The number of pyridine rings is 1. The van der Waals surface area contributed by atoms with Gasteiger partial charge in [0.1, 0.15) is 0 Å². The number of carbonyl (C=O) groups excluding carboxylic acids is 1. The normalized spacial score (nSPS) is 12.8. The number of aromatic nitrogens is 1. The van der Waals surface area contributed by atoms with E-state index in [1.54, 1.807) is 32.4 Å². The first kappa shape index (κ1) is 21.6. The van der Waals surface area contributed by atoms with Crippen LogP contribution in [0.5, 0.6) is 23.0 Å². The Labute approximate surface area is 196 Å². The Morgan fingerprint density at radius 2 is 1.74 bits per heavy atom. The molecule has 0 aliphatic carbocycles. The standard InChI is InChI=1S/C20H18NO4.C7H6O2/c1-22-17-4-3-12-7-16-14-9-19-18(24-11-25-19)8-13(14)5-6-21(16)10-15(12)20(17)23-2;8-7(9)6-4-2-1-3-5-6/h3-4,7-10H,5-6,11H2,1-2H3;1-5H,(H,8,9)/q+1;/p-1. The van der Waals surface area contributed by atoms with Gasteiger partial charge in [-0.25, -0.2) is 0 Å². The molecule has 34 heavy (non-hydrogen) atoms. The Morgan fingerprint density at radius 1 is 0.971 bits per heavy atom. The van der Waals surface area contributed by atoms with Crippen LogP contribution < -0.4 is 28.6 Å². The average Bonchev–Trinajstić information content (AvgIpc) is 3.34. The van der Waals surface area contributed by atoms with Crippen LogP contribution in [0.3, 0.4) is 0 Å². The topological polar surface area (TPSA) is 80.9 Å². The van der Waals surface area contributed by atoms with Crippen LogP contribution in [0.25, 0.3) is 22.0 Å². The van der Waals surface area contributed by atoms with E-state index in [-0.39, 0.29) is 5.56 Å². The monoisotopic (exact) mass is 457 g/mol. The molecule has 0 saturated carbocycles. The van der Waals surface area contributed by atoms with Gasteiger partial charge >= 0.3 is 0 Å². The lowest BCUT2D eigenvalue weighted by molar-refractivity contribution is -0.686. The van der Waals surface area contributed by atoms with Crippen molar-refractivity contribution < 1.29 is 33.4 Å². The van der Waals surface area contributed by atoms with Gasteiger partial charge in [-0.15, -0.1) is 0 Å². The molecule has 3 aromatic carbocycles. The van der Waals surface area contributed by atoms with Crippen molar-refractivity contribution in [3.05, 3.63) is 78.0 Å². The number of hydrogen-bond donors (Lipinski definition) is 0. The quantitative estimate of drug-likeness (QED) is 0.440. The smallest absolute Gasteiger partial charge is 0.231 e. The summed E-state index contributed by atoms with van der Waals surface area (Å²) in [7, 11) is 3.34. The second-order valence-corrected chi connectivity index (χ2v) is 7.92. The zero-order chi connectivity index (χ0) is 23.7. The maximum atomic E-state index is 10.1. The van der Waals surface area contributed by atoms with Gasteiger partial charge < -0.3 is 28.8 Å². The Hall–Kier alpha value is -4.26. The zero-order valence-corrected chi connectivity index (χ0v) is 18.9. The highest BCUT2D eigenvalue weighted by Crippen LogP contribution is 2.41. The van der Waals surface area contributed by atoms with Gasteiger partial charge in [0.05, 0.1) is 31.1 Å². The van der Waals surface area contributed by atoms with E-state index >= 15 is 0 Å². The predicted octanol–water partition coefficient (Wildman–Crippen LogP) is 3.15. The number of carboxylic acids is 1. The van der Waals surface area contributed by atoms with Gasteiger partial charge in [-0.2, -0.15) is 4.57 Å². The first-order chi connectivity index (χ1) is 16.6. The molecular formula is C27H23NO6. The van der Waals surface area contributed by atoms with E-state index < -0.39 is 5.97 Å². The molecule has 172 valence electrons. The van der Waals surface area contributed by atoms with Crippen LogP contribution in [0.2, 0.25) is 0 Å². The summed E-state index contributed by atoms with van der Waals surface area (Å²) in [6.07, 6.45) is 3.11. The van der Waals surface area contributed by atoms with Crippen molar-refractivity contribution in [1.29, 1.82) is 0 Å². The molecule has 0 unspecified atom stereocenters. The minimum Gasteiger partial charge on any atom is -0.545 e. The summed E-state index contributed by atoms with van der Waals surface area (Å²) in [6.45, 7) is 1.21. The van der Waals surface area contributed by atoms with E-state index in [2.05, 4.69) is 35.0 Å². The number of rotatable bonds is 3. The summed E-state index contributed by atoms with van der Waals surface area (Å²) >= 11 is 0. The fraction of sp³-hybridized carbons (Fsp3) is 0.185. The minimum atomic E-state index is -1.13. The van der Waals surface area contributed by atoms with Crippen LogP contribution in [0.4, 0.5) is 0 Å². The molecule has 0 bridgehead atoms.